The lowest BCUT2D eigenvalue weighted by Crippen LogP contribution is -2.34. The first-order chi connectivity index (χ1) is 8.31. The van der Waals surface area contributed by atoms with E-state index in [0.29, 0.717) is 0 Å². The summed E-state index contributed by atoms with van der Waals surface area (Å²) in [5.74, 6) is 1.64. The molecule has 0 aromatic carbocycles. The van der Waals surface area contributed by atoms with Gasteiger partial charge in [-0.2, -0.15) is 4.37 Å². The van der Waals surface area contributed by atoms with Crippen molar-refractivity contribution in [2.24, 2.45) is 5.92 Å². The van der Waals surface area contributed by atoms with E-state index in [2.05, 4.69) is 15.5 Å². The van der Waals surface area contributed by atoms with E-state index >= 15 is 0 Å². The van der Waals surface area contributed by atoms with Crippen LogP contribution in [0.4, 0.5) is 10.8 Å². The summed E-state index contributed by atoms with van der Waals surface area (Å²) in [4.78, 5) is 3.78. The minimum Gasteiger partial charge on any atom is -0.382 e. The van der Waals surface area contributed by atoms with Crippen LogP contribution in [0, 0.1) is 5.92 Å². The van der Waals surface area contributed by atoms with Crippen molar-refractivity contribution in [1.82, 2.24) is 4.37 Å². The molecule has 0 bridgehead atoms. The molecule has 0 spiro atoms. The Morgan fingerprint density at radius 3 is 3.00 bits per heavy atom. The molecule has 1 saturated carbocycles. The van der Waals surface area contributed by atoms with Crippen molar-refractivity contribution < 1.29 is 0 Å². The zero-order chi connectivity index (χ0) is 11.8. The minimum absolute atomic E-state index is 0.719. The molecule has 94 valence electrons. The molecule has 1 aromatic rings. The van der Waals surface area contributed by atoms with E-state index in [1.807, 2.05) is 0 Å². The standard InChI is InChI=1S/C12H19N3S2/c1-16-10-11(13)14-17-12(10)15-7-6-8-4-2-3-5-9(8)15/h8-9H,2-7H2,1H3,(H2,13,14). The predicted octanol–water partition coefficient (Wildman–Crippen LogP) is 3.22. The zero-order valence-corrected chi connectivity index (χ0v) is 11.8. The van der Waals surface area contributed by atoms with E-state index in [4.69, 9.17) is 5.73 Å². The fourth-order valence-electron chi connectivity index (χ4n) is 3.32. The number of aromatic nitrogens is 1. The minimum atomic E-state index is 0.719. The third-order valence-corrected chi connectivity index (χ3v) is 5.97. The van der Waals surface area contributed by atoms with Gasteiger partial charge in [0, 0.05) is 12.6 Å². The van der Waals surface area contributed by atoms with Gasteiger partial charge in [0.2, 0.25) is 0 Å². The maximum Gasteiger partial charge on any atom is 0.153 e. The van der Waals surface area contributed by atoms with E-state index in [9.17, 15) is 0 Å². The molecule has 2 N–H and O–H groups in total. The Morgan fingerprint density at radius 2 is 2.18 bits per heavy atom. The highest BCUT2D eigenvalue weighted by molar-refractivity contribution is 7.99. The number of thioether (sulfide) groups is 1. The maximum atomic E-state index is 5.94. The molecule has 1 aliphatic heterocycles. The summed E-state index contributed by atoms with van der Waals surface area (Å²) < 4.78 is 4.33. The Bertz CT molecular complexity index is 404. The predicted molar refractivity (Wildman–Crippen MR) is 76.0 cm³/mol. The number of hydrogen-bond donors (Lipinski definition) is 1. The molecule has 2 atom stereocenters. The van der Waals surface area contributed by atoms with Gasteiger partial charge in [-0.05, 0) is 43.0 Å². The average Bonchev–Trinajstić information content (AvgIpc) is 2.92. The summed E-state index contributed by atoms with van der Waals surface area (Å²) in [5.41, 5.74) is 5.94. The Kier molecular flexibility index (Phi) is 3.21. The second-order valence-electron chi connectivity index (χ2n) is 5.00. The van der Waals surface area contributed by atoms with Gasteiger partial charge in [-0.15, -0.1) is 11.8 Å². The first-order valence-electron chi connectivity index (χ1n) is 6.37. The topological polar surface area (TPSA) is 42.1 Å². The number of anilines is 2. The van der Waals surface area contributed by atoms with Crippen LogP contribution in [-0.4, -0.2) is 23.2 Å². The summed E-state index contributed by atoms with van der Waals surface area (Å²) in [6, 6.07) is 0.759. The van der Waals surface area contributed by atoms with Crippen molar-refractivity contribution in [2.45, 2.75) is 43.0 Å². The first kappa shape index (κ1) is 11.7. The quantitative estimate of drug-likeness (QED) is 0.837. The number of nitrogens with zero attached hydrogens (tertiary/aromatic N) is 2. The van der Waals surface area contributed by atoms with Crippen LogP contribution in [0.2, 0.25) is 0 Å². The smallest absolute Gasteiger partial charge is 0.153 e. The highest BCUT2D eigenvalue weighted by Gasteiger charge is 2.37. The number of hydrogen-bond acceptors (Lipinski definition) is 5. The number of nitrogen functional groups attached to an aromatic ring is 1. The summed E-state index contributed by atoms with van der Waals surface area (Å²) in [6.45, 7) is 1.20. The van der Waals surface area contributed by atoms with E-state index in [1.165, 1.54) is 48.5 Å². The molecule has 17 heavy (non-hydrogen) atoms. The Hall–Kier alpha value is -0.420. The van der Waals surface area contributed by atoms with Crippen molar-refractivity contribution in [3.8, 4) is 0 Å². The van der Waals surface area contributed by atoms with Crippen molar-refractivity contribution in [3.63, 3.8) is 0 Å². The van der Waals surface area contributed by atoms with Crippen LogP contribution < -0.4 is 10.6 Å². The largest absolute Gasteiger partial charge is 0.382 e. The van der Waals surface area contributed by atoms with Gasteiger partial charge in [-0.25, -0.2) is 0 Å². The third-order valence-electron chi connectivity index (χ3n) is 4.13. The highest BCUT2D eigenvalue weighted by atomic mass is 32.2. The lowest BCUT2D eigenvalue weighted by molar-refractivity contribution is 0.342. The van der Waals surface area contributed by atoms with E-state index in [-0.39, 0.29) is 0 Å². The number of nitrogens with two attached hydrogens (primary N) is 1. The molecular formula is C12H19N3S2. The van der Waals surface area contributed by atoms with Gasteiger partial charge < -0.3 is 10.6 Å². The van der Waals surface area contributed by atoms with Crippen molar-refractivity contribution in [3.05, 3.63) is 0 Å². The van der Waals surface area contributed by atoms with Gasteiger partial charge >= 0.3 is 0 Å². The van der Waals surface area contributed by atoms with Crippen LogP contribution in [-0.2, 0) is 0 Å². The third kappa shape index (κ3) is 1.93. The first-order valence-corrected chi connectivity index (χ1v) is 8.37. The molecule has 2 unspecified atom stereocenters. The van der Waals surface area contributed by atoms with Gasteiger partial charge in [0.1, 0.15) is 5.00 Å². The van der Waals surface area contributed by atoms with Crippen molar-refractivity contribution in [1.29, 1.82) is 0 Å². The highest BCUT2D eigenvalue weighted by Crippen LogP contribution is 2.45. The Labute approximate surface area is 111 Å². The van der Waals surface area contributed by atoms with E-state index in [1.54, 1.807) is 23.3 Å². The molecule has 1 aliphatic carbocycles. The van der Waals surface area contributed by atoms with Crippen molar-refractivity contribution in [2.75, 3.05) is 23.4 Å². The van der Waals surface area contributed by atoms with Crippen LogP contribution in [0.3, 0.4) is 0 Å². The Morgan fingerprint density at radius 1 is 1.35 bits per heavy atom. The summed E-state index contributed by atoms with van der Waals surface area (Å²) in [5, 5.41) is 1.32. The molecule has 2 fully saturated rings. The summed E-state index contributed by atoms with van der Waals surface area (Å²) >= 11 is 3.32. The van der Waals surface area contributed by atoms with Gasteiger partial charge in [-0.1, -0.05) is 12.8 Å². The fourth-order valence-corrected chi connectivity index (χ4v) is 5.08. The molecule has 2 aliphatic rings. The molecule has 0 radical (unpaired) electrons. The monoisotopic (exact) mass is 269 g/mol. The SMILES string of the molecule is CSc1c(N)nsc1N1CCC2CCCCC21. The van der Waals surface area contributed by atoms with E-state index < -0.39 is 0 Å². The molecule has 0 amide bonds. The maximum absolute atomic E-state index is 5.94. The van der Waals surface area contributed by atoms with E-state index in [0.717, 1.165) is 17.8 Å². The molecule has 1 saturated heterocycles. The van der Waals surface area contributed by atoms with Gasteiger partial charge in [-0.3, -0.25) is 0 Å². The zero-order valence-electron chi connectivity index (χ0n) is 10.2. The number of fused-ring (bicyclic) bond motifs is 1. The lowest BCUT2D eigenvalue weighted by atomic mass is 9.85. The number of rotatable bonds is 2. The van der Waals surface area contributed by atoms with Crippen LogP contribution in [0.1, 0.15) is 32.1 Å². The van der Waals surface area contributed by atoms with Crippen LogP contribution in [0.25, 0.3) is 0 Å². The molecule has 1 aromatic heterocycles. The molecule has 3 nitrogen and oxygen atoms in total. The summed E-state index contributed by atoms with van der Waals surface area (Å²) in [6.07, 6.45) is 9.05. The second-order valence-corrected chi connectivity index (χ2v) is 6.57. The molecule has 3 rings (SSSR count). The second kappa shape index (κ2) is 4.69. The molecule has 2 heterocycles. The molecule has 5 heteroatoms. The molecular weight excluding hydrogens is 250 g/mol. The summed E-state index contributed by atoms with van der Waals surface area (Å²) in [7, 11) is 0. The van der Waals surface area contributed by atoms with Crippen LogP contribution >= 0.6 is 23.3 Å². The lowest BCUT2D eigenvalue weighted by Gasteiger charge is -2.32. The van der Waals surface area contributed by atoms with Crippen LogP contribution in [0.5, 0.6) is 0 Å². The normalized spacial score (nSPS) is 28.4. The van der Waals surface area contributed by atoms with Gasteiger partial charge in [0.25, 0.3) is 0 Å². The van der Waals surface area contributed by atoms with Crippen molar-refractivity contribution >= 4 is 34.1 Å². The average molecular weight is 269 g/mol. The Balaban J connectivity index is 1.88. The van der Waals surface area contributed by atoms with Gasteiger partial charge in [0.05, 0.1) is 4.90 Å². The van der Waals surface area contributed by atoms with Crippen LogP contribution in [0.15, 0.2) is 4.90 Å². The van der Waals surface area contributed by atoms with Gasteiger partial charge in [0.15, 0.2) is 5.82 Å². The fraction of sp³-hybridized carbons (Fsp3) is 0.750.